The van der Waals surface area contributed by atoms with E-state index in [0.717, 1.165) is 12.0 Å². The van der Waals surface area contributed by atoms with Gasteiger partial charge in [0.15, 0.2) is 0 Å². The van der Waals surface area contributed by atoms with Crippen LogP contribution in [-0.2, 0) is 0 Å². The molecule has 0 saturated carbocycles. The lowest BCUT2D eigenvalue weighted by molar-refractivity contribution is 0.174. The highest BCUT2D eigenvalue weighted by Gasteiger charge is 2.20. The van der Waals surface area contributed by atoms with Crippen molar-refractivity contribution in [3.8, 4) is 0 Å². The van der Waals surface area contributed by atoms with Gasteiger partial charge in [0.05, 0.1) is 0 Å². The molecule has 1 N–H and O–H groups in total. The van der Waals surface area contributed by atoms with E-state index in [9.17, 15) is 0 Å². The molecule has 0 aromatic carbocycles. The average molecular weight is 244 g/mol. The van der Waals surface area contributed by atoms with Gasteiger partial charge in [0.2, 0.25) is 0 Å². The van der Waals surface area contributed by atoms with Crippen LogP contribution in [0.4, 0.5) is 0 Å². The summed E-state index contributed by atoms with van der Waals surface area (Å²) in [6, 6.07) is 0.746. The van der Waals surface area contributed by atoms with Gasteiger partial charge in [-0.1, -0.05) is 13.8 Å². The van der Waals surface area contributed by atoms with Gasteiger partial charge in [-0.05, 0) is 50.3 Å². The summed E-state index contributed by atoms with van der Waals surface area (Å²) in [5.41, 5.74) is 0. The molecule has 1 saturated heterocycles. The molecule has 0 aliphatic carbocycles. The Morgan fingerprint density at radius 3 is 3.00 bits per heavy atom. The normalized spacial score (nSPS) is 24.6. The number of nitrogens with zero attached hydrogens (tertiary/aromatic N) is 1. The van der Waals surface area contributed by atoms with Crippen LogP contribution in [-0.4, -0.2) is 49.1 Å². The Morgan fingerprint density at radius 1 is 1.50 bits per heavy atom. The molecule has 0 bridgehead atoms. The highest BCUT2D eigenvalue weighted by atomic mass is 32.2. The molecule has 2 atom stereocenters. The first-order chi connectivity index (χ1) is 7.76. The van der Waals surface area contributed by atoms with Crippen molar-refractivity contribution in [3.05, 3.63) is 0 Å². The second-order valence-electron chi connectivity index (χ2n) is 5.11. The smallest absolute Gasteiger partial charge is 0.0195 e. The standard InChI is InChI=1S/C13H28N2S/c1-4-7-14-13-6-5-8-15(10-13)9-12(2)11-16-3/h12-14H,4-11H2,1-3H3. The zero-order valence-corrected chi connectivity index (χ0v) is 12.0. The minimum Gasteiger partial charge on any atom is -0.313 e. The molecule has 1 rings (SSSR count). The summed E-state index contributed by atoms with van der Waals surface area (Å²) in [7, 11) is 0. The van der Waals surface area contributed by atoms with Crippen molar-refractivity contribution in [3.63, 3.8) is 0 Å². The van der Waals surface area contributed by atoms with Crippen LogP contribution in [0.2, 0.25) is 0 Å². The van der Waals surface area contributed by atoms with Crippen LogP contribution in [0, 0.1) is 5.92 Å². The Morgan fingerprint density at radius 2 is 2.31 bits per heavy atom. The molecular weight excluding hydrogens is 216 g/mol. The number of rotatable bonds is 7. The van der Waals surface area contributed by atoms with Crippen molar-refractivity contribution < 1.29 is 0 Å². The van der Waals surface area contributed by atoms with Gasteiger partial charge in [-0.2, -0.15) is 11.8 Å². The summed E-state index contributed by atoms with van der Waals surface area (Å²) in [6.07, 6.45) is 6.19. The lowest BCUT2D eigenvalue weighted by atomic mass is 10.0. The molecule has 0 spiro atoms. The molecule has 1 aliphatic heterocycles. The van der Waals surface area contributed by atoms with E-state index in [0.29, 0.717) is 0 Å². The van der Waals surface area contributed by atoms with E-state index in [1.807, 2.05) is 11.8 Å². The second-order valence-corrected chi connectivity index (χ2v) is 6.02. The van der Waals surface area contributed by atoms with Crippen molar-refractivity contribution in [2.45, 2.75) is 39.2 Å². The number of piperidine rings is 1. The molecule has 0 amide bonds. The molecule has 0 aromatic heterocycles. The molecule has 2 nitrogen and oxygen atoms in total. The Balaban J connectivity index is 2.21. The Labute approximate surface area is 106 Å². The lowest BCUT2D eigenvalue weighted by Gasteiger charge is -2.34. The van der Waals surface area contributed by atoms with E-state index < -0.39 is 0 Å². The number of hydrogen-bond acceptors (Lipinski definition) is 3. The van der Waals surface area contributed by atoms with E-state index in [2.05, 4.69) is 30.3 Å². The largest absolute Gasteiger partial charge is 0.313 e. The molecule has 96 valence electrons. The number of thioether (sulfide) groups is 1. The highest BCUT2D eigenvalue weighted by molar-refractivity contribution is 7.98. The Kier molecular flexibility index (Phi) is 7.50. The summed E-state index contributed by atoms with van der Waals surface area (Å²) in [6.45, 7) is 9.65. The summed E-state index contributed by atoms with van der Waals surface area (Å²) in [5.74, 6) is 2.13. The van der Waals surface area contributed by atoms with Gasteiger partial charge in [0, 0.05) is 19.1 Å². The lowest BCUT2D eigenvalue weighted by Crippen LogP contribution is -2.47. The van der Waals surface area contributed by atoms with E-state index in [1.54, 1.807) is 0 Å². The van der Waals surface area contributed by atoms with Crippen molar-refractivity contribution in [2.24, 2.45) is 5.92 Å². The van der Waals surface area contributed by atoms with Crippen LogP contribution in [0.5, 0.6) is 0 Å². The van der Waals surface area contributed by atoms with Gasteiger partial charge in [0.25, 0.3) is 0 Å². The summed E-state index contributed by atoms with van der Waals surface area (Å²) in [4.78, 5) is 2.65. The van der Waals surface area contributed by atoms with E-state index in [1.165, 1.54) is 51.2 Å². The molecule has 2 unspecified atom stereocenters. The van der Waals surface area contributed by atoms with Crippen molar-refractivity contribution >= 4 is 11.8 Å². The Bertz CT molecular complexity index is 175. The maximum atomic E-state index is 3.66. The van der Waals surface area contributed by atoms with Crippen LogP contribution in [0.15, 0.2) is 0 Å². The minimum atomic E-state index is 0.746. The average Bonchev–Trinajstić information content (AvgIpc) is 2.27. The number of nitrogens with one attached hydrogen (secondary N) is 1. The minimum absolute atomic E-state index is 0.746. The van der Waals surface area contributed by atoms with Gasteiger partial charge < -0.3 is 10.2 Å². The van der Waals surface area contributed by atoms with Gasteiger partial charge in [-0.3, -0.25) is 0 Å². The molecule has 0 radical (unpaired) electrons. The number of hydrogen-bond donors (Lipinski definition) is 1. The maximum absolute atomic E-state index is 3.66. The summed E-state index contributed by atoms with van der Waals surface area (Å²) in [5, 5.41) is 3.66. The first kappa shape index (κ1) is 14.3. The van der Waals surface area contributed by atoms with Crippen LogP contribution >= 0.6 is 11.8 Å². The zero-order chi connectivity index (χ0) is 11.8. The molecule has 1 fully saturated rings. The second kappa shape index (κ2) is 8.37. The fourth-order valence-corrected chi connectivity index (χ4v) is 3.19. The maximum Gasteiger partial charge on any atom is 0.0195 e. The summed E-state index contributed by atoms with van der Waals surface area (Å²) < 4.78 is 0. The van der Waals surface area contributed by atoms with E-state index in [-0.39, 0.29) is 0 Å². The SMILES string of the molecule is CCCNC1CCCN(CC(C)CSC)C1. The Hall–Kier alpha value is 0.270. The highest BCUT2D eigenvalue weighted by Crippen LogP contribution is 2.13. The molecule has 1 heterocycles. The van der Waals surface area contributed by atoms with E-state index in [4.69, 9.17) is 0 Å². The molecule has 1 aliphatic rings. The molecule has 0 aromatic rings. The first-order valence-corrected chi connectivity index (χ1v) is 8.10. The quantitative estimate of drug-likeness (QED) is 0.740. The topological polar surface area (TPSA) is 15.3 Å². The fraction of sp³-hybridized carbons (Fsp3) is 1.00. The molecule has 16 heavy (non-hydrogen) atoms. The van der Waals surface area contributed by atoms with Crippen LogP contribution in [0.3, 0.4) is 0 Å². The van der Waals surface area contributed by atoms with Crippen LogP contribution < -0.4 is 5.32 Å². The van der Waals surface area contributed by atoms with Crippen molar-refractivity contribution in [1.82, 2.24) is 10.2 Å². The number of likely N-dealkylation sites (tertiary alicyclic amines) is 1. The van der Waals surface area contributed by atoms with Gasteiger partial charge in [0.1, 0.15) is 0 Å². The predicted molar refractivity (Wildman–Crippen MR) is 75.3 cm³/mol. The van der Waals surface area contributed by atoms with Gasteiger partial charge >= 0.3 is 0 Å². The predicted octanol–water partition coefficient (Wildman–Crippen LogP) is 2.45. The van der Waals surface area contributed by atoms with Crippen LogP contribution in [0.1, 0.15) is 33.1 Å². The zero-order valence-electron chi connectivity index (χ0n) is 11.2. The van der Waals surface area contributed by atoms with E-state index >= 15 is 0 Å². The van der Waals surface area contributed by atoms with Gasteiger partial charge in [-0.15, -0.1) is 0 Å². The van der Waals surface area contributed by atoms with Crippen molar-refractivity contribution in [1.29, 1.82) is 0 Å². The van der Waals surface area contributed by atoms with Crippen molar-refractivity contribution in [2.75, 3.05) is 38.2 Å². The van der Waals surface area contributed by atoms with Crippen LogP contribution in [0.25, 0.3) is 0 Å². The first-order valence-electron chi connectivity index (χ1n) is 6.71. The third kappa shape index (κ3) is 5.55. The fourth-order valence-electron chi connectivity index (χ4n) is 2.51. The third-order valence-corrected chi connectivity index (χ3v) is 4.11. The molecular formula is C13H28N2S. The third-order valence-electron chi connectivity index (χ3n) is 3.21. The summed E-state index contributed by atoms with van der Waals surface area (Å²) >= 11 is 1.97. The monoisotopic (exact) mass is 244 g/mol. The van der Waals surface area contributed by atoms with Gasteiger partial charge in [-0.25, -0.2) is 0 Å². The molecule has 3 heteroatoms.